The smallest absolute Gasteiger partial charge is 0.407 e. The number of nitrogens with one attached hydrogen (secondary N) is 2. The van der Waals surface area contributed by atoms with E-state index in [2.05, 4.69) is 20.1 Å². The van der Waals surface area contributed by atoms with E-state index in [1.54, 1.807) is 0 Å². The van der Waals surface area contributed by atoms with E-state index in [9.17, 15) is 18.8 Å². The molecule has 0 aliphatic carbocycles. The molecule has 0 aliphatic heterocycles. The Kier molecular flexibility index (Phi) is 7.16. The van der Waals surface area contributed by atoms with E-state index in [-0.39, 0.29) is 17.2 Å². The average Bonchev–Trinajstić information content (AvgIpc) is 2.54. The number of alkyl carbamates (subject to hydrolysis) is 1. The molecule has 2 amide bonds. The first-order chi connectivity index (χ1) is 11.3. The quantitative estimate of drug-likeness (QED) is 0.775. The van der Waals surface area contributed by atoms with E-state index in [0.717, 1.165) is 13.2 Å². The number of carbonyl (C=O) groups excluding carboxylic acids is 3. The van der Waals surface area contributed by atoms with Crippen molar-refractivity contribution < 1.29 is 28.2 Å². The number of ether oxygens (including phenoxy) is 2. The second-order valence-electron chi connectivity index (χ2n) is 5.49. The number of hydrogen-bond donors (Lipinski definition) is 2. The molecule has 1 unspecified atom stereocenters. The summed E-state index contributed by atoms with van der Waals surface area (Å²) < 4.78 is 22.6. The van der Waals surface area contributed by atoms with Gasteiger partial charge in [-0.3, -0.25) is 4.79 Å². The number of amides is 2. The van der Waals surface area contributed by atoms with Gasteiger partial charge in [-0.25, -0.2) is 14.0 Å². The minimum Gasteiger partial charge on any atom is -0.465 e. The Morgan fingerprint density at radius 1 is 1.17 bits per heavy atom. The summed E-state index contributed by atoms with van der Waals surface area (Å²) in [7, 11) is 2.33. The highest BCUT2D eigenvalue weighted by Gasteiger charge is 2.23. The number of rotatable bonds is 6. The number of halogens is 1. The predicted molar refractivity (Wildman–Crippen MR) is 85.2 cm³/mol. The summed E-state index contributed by atoms with van der Waals surface area (Å²) >= 11 is 0. The standard InChI is InChI=1S/C16H21FN2O5/c1-9(2)7-13(19-16(22)24-4)14(20)18-10-5-6-12(17)11(8-10)15(21)23-3/h5-6,8-9,13H,7H2,1-4H3,(H,18,20)(H,19,22). The summed E-state index contributed by atoms with van der Waals surface area (Å²) in [6.07, 6.45) is -0.350. The fourth-order valence-corrected chi connectivity index (χ4v) is 2.00. The van der Waals surface area contributed by atoms with E-state index in [0.29, 0.717) is 6.42 Å². The highest BCUT2D eigenvalue weighted by Crippen LogP contribution is 2.17. The molecule has 0 saturated carbocycles. The minimum atomic E-state index is -0.852. The first-order valence-electron chi connectivity index (χ1n) is 7.31. The van der Waals surface area contributed by atoms with Crippen LogP contribution in [0.1, 0.15) is 30.6 Å². The zero-order valence-electron chi connectivity index (χ0n) is 14.0. The van der Waals surface area contributed by atoms with Crippen molar-refractivity contribution in [1.82, 2.24) is 5.32 Å². The van der Waals surface area contributed by atoms with Gasteiger partial charge in [0.05, 0.1) is 19.8 Å². The number of benzene rings is 1. The molecule has 0 fully saturated rings. The molecular weight excluding hydrogens is 319 g/mol. The van der Waals surface area contributed by atoms with E-state index >= 15 is 0 Å². The van der Waals surface area contributed by atoms with E-state index in [4.69, 9.17) is 0 Å². The van der Waals surface area contributed by atoms with Gasteiger partial charge >= 0.3 is 12.1 Å². The number of esters is 1. The lowest BCUT2D eigenvalue weighted by atomic mass is 10.0. The molecule has 0 aromatic heterocycles. The van der Waals surface area contributed by atoms with Crippen molar-refractivity contribution in [3.63, 3.8) is 0 Å². The lowest BCUT2D eigenvalue weighted by Gasteiger charge is -2.19. The fraction of sp³-hybridized carbons (Fsp3) is 0.438. The molecule has 1 rings (SSSR count). The predicted octanol–water partition coefficient (Wildman–Crippen LogP) is 2.32. The molecule has 0 radical (unpaired) electrons. The van der Waals surface area contributed by atoms with Crippen molar-refractivity contribution in [2.24, 2.45) is 5.92 Å². The molecule has 1 atom stereocenters. The molecule has 7 nitrogen and oxygen atoms in total. The van der Waals surface area contributed by atoms with Gasteiger partial charge in [0.15, 0.2) is 0 Å². The first-order valence-corrected chi connectivity index (χ1v) is 7.31. The van der Waals surface area contributed by atoms with Crippen LogP contribution in [0.25, 0.3) is 0 Å². The Bertz CT molecular complexity index is 618. The first kappa shape index (κ1) is 19.4. The van der Waals surface area contributed by atoms with Gasteiger partial charge in [-0.15, -0.1) is 0 Å². The van der Waals surface area contributed by atoms with Gasteiger partial charge < -0.3 is 20.1 Å². The van der Waals surface area contributed by atoms with Crippen LogP contribution in [0.15, 0.2) is 18.2 Å². The van der Waals surface area contributed by atoms with Crippen LogP contribution in [0, 0.1) is 11.7 Å². The van der Waals surface area contributed by atoms with Crippen molar-refractivity contribution in [3.05, 3.63) is 29.6 Å². The lowest BCUT2D eigenvalue weighted by molar-refractivity contribution is -0.118. The van der Waals surface area contributed by atoms with Crippen molar-refractivity contribution in [2.75, 3.05) is 19.5 Å². The number of anilines is 1. The summed E-state index contributed by atoms with van der Waals surface area (Å²) in [5, 5.41) is 4.98. The van der Waals surface area contributed by atoms with Crippen LogP contribution in [0.5, 0.6) is 0 Å². The van der Waals surface area contributed by atoms with Gasteiger partial charge in [0.25, 0.3) is 0 Å². The third-order valence-corrected chi connectivity index (χ3v) is 3.14. The zero-order chi connectivity index (χ0) is 18.3. The maximum atomic E-state index is 13.6. The monoisotopic (exact) mass is 340 g/mol. The van der Waals surface area contributed by atoms with Crippen LogP contribution < -0.4 is 10.6 Å². The van der Waals surface area contributed by atoms with Gasteiger partial charge in [-0.05, 0) is 30.5 Å². The van der Waals surface area contributed by atoms with Crippen LogP contribution in [0.3, 0.4) is 0 Å². The molecule has 0 bridgehead atoms. The SMILES string of the molecule is COC(=O)NC(CC(C)C)C(=O)Nc1ccc(F)c(C(=O)OC)c1. The second kappa shape index (κ2) is 8.85. The summed E-state index contributed by atoms with van der Waals surface area (Å²) in [6, 6.07) is 2.70. The fourth-order valence-electron chi connectivity index (χ4n) is 2.00. The van der Waals surface area contributed by atoms with Crippen molar-refractivity contribution >= 4 is 23.7 Å². The molecule has 1 aromatic rings. The summed E-state index contributed by atoms with van der Waals surface area (Å²) in [5.74, 6) is -1.98. The van der Waals surface area contributed by atoms with Gasteiger partial charge in [0, 0.05) is 5.69 Å². The number of hydrogen-bond acceptors (Lipinski definition) is 5. The molecule has 0 saturated heterocycles. The zero-order valence-corrected chi connectivity index (χ0v) is 14.0. The molecule has 0 spiro atoms. The average molecular weight is 340 g/mol. The molecule has 0 aliphatic rings. The normalized spacial score (nSPS) is 11.6. The molecule has 0 heterocycles. The highest BCUT2D eigenvalue weighted by molar-refractivity contribution is 5.98. The lowest BCUT2D eigenvalue weighted by Crippen LogP contribution is -2.44. The largest absolute Gasteiger partial charge is 0.465 e. The Morgan fingerprint density at radius 3 is 2.38 bits per heavy atom. The highest BCUT2D eigenvalue weighted by atomic mass is 19.1. The summed E-state index contributed by atoms with van der Waals surface area (Å²) in [5.41, 5.74) is -0.0844. The molecular formula is C16H21FN2O5. The van der Waals surface area contributed by atoms with Crippen LogP contribution in [-0.4, -0.2) is 38.2 Å². The van der Waals surface area contributed by atoms with Crippen molar-refractivity contribution in [3.8, 4) is 0 Å². The topological polar surface area (TPSA) is 93.7 Å². The van der Waals surface area contributed by atoms with Crippen molar-refractivity contribution in [1.29, 1.82) is 0 Å². The third kappa shape index (κ3) is 5.53. The van der Waals surface area contributed by atoms with Gasteiger partial charge in [0.1, 0.15) is 11.9 Å². The van der Waals surface area contributed by atoms with Gasteiger partial charge in [-0.2, -0.15) is 0 Å². The van der Waals surface area contributed by atoms with E-state index < -0.39 is 29.8 Å². The number of carbonyl (C=O) groups is 3. The van der Waals surface area contributed by atoms with Crippen molar-refractivity contribution in [2.45, 2.75) is 26.3 Å². The van der Waals surface area contributed by atoms with Crippen LogP contribution in [0.4, 0.5) is 14.9 Å². The van der Waals surface area contributed by atoms with E-state index in [1.807, 2.05) is 13.8 Å². The van der Waals surface area contributed by atoms with Crippen LogP contribution in [-0.2, 0) is 14.3 Å². The Labute approximate surface area is 139 Å². The van der Waals surface area contributed by atoms with E-state index in [1.165, 1.54) is 19.2 Å². The van der Waals surface area contributed by atoms with Gasteiger partial charge in [-0.1, -0.05) is 13.8 Å². The maximum absolute atomic E-state index is 13.6. The minimum absolute atomic E-state index is 0.136. The van der Waals surface area contributed by atoms with Crippen LogP contribution >= 0.6 is 0 Å². The molecule has 24 heavy (non-hydrogen) atoms. The van der Waals surface area contributed by atoms with Gasteiger partial charge in [0.2, 0.25) is 5.91 Å². The maximum Gasteiger partial charge on any atom is 0.407 e. The van der Waals surface area contributed by atoms with Crippen LogP contribution in [0.2, 0.25) is 0 Å². The Hall–Kier alpha value is -2.64. The molecule has 8 heteroatoms. The Balaban J connectivity index is 2.93. The molecule has 132 valence electrons. The third-order valence-electron chi connectivity index (χ3n) is 3.14. The molecule has 1 aromatic carbocycles. The second-order valence-corrected chi connectivity index (χ2v) is 5.49. The Morgan fingerprint density at radius 2 is 1.83 bits per heavy atom. The summed E-state index contributed by atoms with van der Waals surface area (Å²) in [4.78, 5) is 35.2. The molecule has 2 N–H and O–H groups in total. The number of methoxy groups -OCH3 is 2. The summed E-state index contributed by atoms with van der Waals surface area (Å²) in [6.45, 7) is 3.79.